The summed E-state index contributed by atoms with van der Waals surface area (Å²) < 4.78 is 0.605. The third kappa shape index (κ3) is 5.87. The summed E-state index contributed by atoms with van der Waals surface area (Å²) in [7, 11) is 0. The molecule has 0 bridgehead atoms. The van der Waals surface area contributed by atoms with E-state index in [0.717, 1.165) is 0 Å². The summed E-state index contributed by atoms with van der Waals surface area (Å²) in [6.07, 6.45) is 0. The average molecular weight is 319 g/mol. The van der Waals surface area contributed by atoms with E-state index in [1.54, 1.807) is 6.07 Å². The molecule has 0 unspecified atom stereocenters. The second-order valence-electron chi connectivity index (χ2n) is 2.35. The molecule has 4 nitrogen and oxygen atoms in total. The standard InChI is InChI=1S/C8H7BrN2O2.2K/c9-4-1-2-5(7(10)12)6(3-4)8(11)13;;/h1-3H,(H2,10,12)(H2,11,13);;/q;2*+1/p-2. The summed E-state index contributed by atoms with van der Waals surface area (Å²) in [4.78, 5) is 0. The van der Waals surface area contributed by atoms with E-state index < -0.39 is 11.8 Å². The van der Waals surface area contributed by atoms with Crippen LogP contribution in [-0.4, -0.2) is 11.8 Å². The van der Waals surface area contributed by atoms with E-state index in [4.69, 9.17) is 10.8 Å². The number of hydrogen-bond donors (Lipinski definition) is 2. The second-order valence-corrected chi connectivity index (χ2v) is 3.26. The van der Waals surface area contributed by atoms with E-state index in [-0.39, 0.29) is 114 Å². The Labute approximate surface area is 181 Å². The maximum Gasteiger partial charge on any atom is 1.00 e. The number of rotatable bonds is 2. The van der Waals surface area contributed by atoms with Gasteiger partial charge in [-0.05, 0) is 35.1 Å². The molecule has 1 aromatic rings. The maximum atomic E-state index is 10.7. The second kappa shape index (κ2) is 8.92. The summed E-state index contributed by atoms with van der Waals surface area (Å²) in [5.41, 5.74) is -0.0856. The molecule has 15 heavy (non-hydrogen) atoms. The fourth-order valence-corrected chi connectivity index (χ4v) is 1.26. The van der Waals surface area contributed by atoms with Crippen LogP contribution in [-0.2, 0) is 0 Å². The zero-order chi connectivity index (χ0) is 10.0. The van der Waals surface area contributed by atoms with Gasteiger partial charge in [0.15, 0.2) is 0 Å². The third-order valence-corrected chi connectivity index (χ3v) is 1.96. The van der Waals surface area contributed by atoms with Gasteiger partial charge in [-0.3, -0.25) is 0 Å². The normalized spacial score (nSPS) is 8.33. The first-order valence-corrected chi connectivity index (χ1v) is 4.13. The minimum absolute atomic E-state index is 0. The van der Waals surface area contributed by atoms with Crippen molar-refractivity contribution in [2.75, 3.05) is 0 Å². The number of benzene rings is 1. The minimum atomic E-state index is -0.961. The van der Waals surface area contributed by atoms with E-state index >= 15 is 0 Å². The third-order valence-electron chi connectivity index (χ3n) is 1.47. The van der Waals surface area contributed by atoms with Crippen LogP contribution in [0.5, 0.6) is 0 Å². The van der Waals surface area contributed by atoms with E-state index in [9.17, 15) is 10.2 Å². The van der Waals surface area contributed by atoms with Crippen molar-refractivity contribution in [1.82, 2.24) is 0 Å². The Bertz CT molecular complexity index is 385. The van der Waals surface area contributed by atoms with Gasteiger partial charge in [-0.1, -0.05) is 22.0 Å². The van der Waals surface area contributed by atoms with Crippen molar-refractivity contribution in [1.29, 1.82) is 10.8 Å². The SMILES string of the molecule is N=C([O-])c1ccc(Br)cc1C(=N)[O-].[K+].[K+]. The van der Waals surface area contributed by atoms with Gasteiger partial charge in [0.1, 0.15) is 0 Å². The van der Waals surface area contributed by atoms with Crippen molar-refractivity contribution in [3.8, 4) is 0 Å². The largest absolute Gasteiger partial charge is 1.00 e. The van der Waals surface area contributed by atoms with Gasteiger partial charge in [-0.25, -0.2) is 0 Å². The Hall–Kier alpha value is 1.91. The minimum Gasteiger partial charge on any atom is -0.859 e. The Morgan fingerprint density at radius 1 is 1.00 bits per heavy atom. The van der Waals surface area contributed by atoms with Crippen LogP contribution < -0.4 is 113 Å². The molecule has 0 spiro atoms. The Morgan fingerprint density at radius 2 is 1.47 bits per heavy atom. The maximum absolute atomic E-state index is 10.7. The molecule has 0 radical (unpaired) electrons. The van der Waals surface area contributed by atoms with Gasteiger partial charge in [-0.15, -0.1) is 0 Å². The van der Waals surface area contributed by atoms with Crippen LogP contribution in [0, 0.1) is 10.8 Å². The van der Waals surface area contributed by atoms with Gasteiger partial charge in [-0.2, -0.15) is 0 Å². The van der Waals surface area contributed by atoms with Gasteiger partial charge in [0.25, 0.3) is 0 Å². The molecule has 2 N–H and O–H groups in total. The molecule has 0 atom stereocenters. The molecule has 0 heterocycles. The molecule has 0 saturated carbocycles. The molecule has 7 heteroatoms. The van der Waals surface area contributed by atoms with Gasteiger partial charge in [0, 0.05) is 4.47 Å². The molecular formula is C8H5BrK2N2O2. The van der Waals surface area contributed by atoms with Gasteiger partial charge >= 0.3 is 103 Å². The Kier molecular flexibility index (Phi) is 11.5. The fraction of sp³-hybridized carbons (Fsp3) is 0. The zero-order valence-corrected chi connectivity index (χ0v) is 16.3. The van der Waals surface area contributed by atoms with Crippen LogP contribution in [0.4, 0.5) is 0 Å². The first kappa shape index (κ1) is 19.3. The topological polar surface area (TPSA) is 93.8 Å². The van der Waals surface area contributed by atoms with E-state index in [1.807, 2.05) is 0 Å². The fourth-order valence-electron chi connectivity index (χ4n) is 0.902. The molecule has 1 rings (SSSR count). The molecular weight excluding hydrogens is 314 g/mol. The molecule has 0 saturated heterocycles. The van der Waals surface area contributed by atoms with Crippen LogP contribution in [0.2, 0.25) is 0 Å². The summed E-state index contributed by atoms with van der Waals surface area (Å²) in [5, 5.41) is 35.1. The number of halogens is 1. The number of nitrogens with one attached hydrogen (secondary N) is 2. The van der Waals surface area contributed by atoms with E-state index in [2.05, 4.69) is 15.9 Å². The summed E-state index contributed by atoms with van der Waals surface area (Å²) >= 11 is 3.11. The summed E-state index contributed by atoms with van der Waals surface area (Å²) in [6.45, 7) is 0. The van der Waals surface area contributed by atoms with Gasteiger partial charge in [0.2, 0.25) is 0 Å². The number of hydrogen-bond acceptors (Lipinski definition) is 4. The molecule has 0 aliphatic carbocycles. The Balaban J connectivity index is 0. The van der Waals surface area contributed by atoms with E-state index in [1.165, 1.54) is 12.1 Å². The quantitative estimate of drug-likeness (QED) is 0.322. The molecule has 0 aromatic heterocycles. The molecule has 0 amide bonds. The Morgan fingerprint density at radius 3 is 1.87 bits per heavy atom. The van der Waals surface area contributed by atoms with Crippen molar-refractivity contribution in [2.45, 2.75) is 0 Å². The first-order valence-electron chi connectivity index (χ1n) is 3.34. The first-order chi connectivity index (χ1) is 6.02. The molecule has 0 aliphatic heterocycles. The summed E-state index contributed by atoms with van der Waals surface area (Å²) in [6, 6.07) is 4.26. The van der Waals surface area contributed by atoms with Crippen molar-refractivity contribution in [3.63, 3.8) is 0 Å². The van der Waals surface area contributed by atoms with E-state index in [0.29, 0.717) is 4.47 Å². The van der Waals surface area contributed by atoms with Gasteiger partial charge < -0.3 is 21.0 Å². The monoisotopic (exact) mass is 318 g/mol. The van der Waals surface area contributed by atoms with Crippen LogP contribution in [0.15, 0.2) is 22.7 Å². The van der Waals surface area contributed by atoms with Gasteiger partial charge in [0.05, 0.1) is 0 Å². The van der Waals surface area contributed by atoms with Crippen molar-refractivity contribution in [3.05, 3.63) is 33.8 Å². The molecule has 0 fully saturated rings. The molecule has 1 aromatic carbocycles. The van der Waals surface area contributed by atoms with Crippen LogP contribution >= 0.6 is 15.9 Å². The van der Waals surface area contributed by atoms with Crippen LogP contribution in [0.3, 0.4) is 0 Å². The van der Waals surface area contributed by atoms with Crippen LogP contribution in [0.1, 0.15) is 11.1 Å². The molecule has 0 aliphatic rings. The average Bonchev–Trinajstić information content (AvgIpc) is 2.03. The predicted molar refractivity (Wildman–Crippen MR) is 47.8 cm³/mol. The van der Waals surface area contributed by atoms with Crippen LogP contribution in [0.25, 0.3) is 0 Å². The predicted octanol–water partition coefficient (Wildman–Crippen LogP) is -6.17. The smallest absolute Gasteiger partial charge is 0.859 e. The van der Waals surface area contributed by atoms with Crippen molar-refractivity contribution in [2.24, 2.45) is 0 Å². The van der Waals surface area contributed by atoms with Crippen molar-refractivity contribution >= 4 is 27.7 Å². The van der Waals surface area contributed by atoms with Crippen molar-refractivity contribution < 1.29 is 113 Å². The zero-order valence-electron chi connectivity index (χ0n) is 8.43. The summed E-state index contributed by atoms with van der Waals surface area (Å²) in [5.74, 6) is -1.92. The molecule has 68 valence electrons.